The van der Waals surface area contributed by atoms with E-state index in [0.29, 0.717) is 5.78 Å². The molecule has 1 saturated heterocycles. The van der Waals surface area contributed by atoms with Gasteiger partial charge in [0.2, 0.25) is 0 Å². The van der Waals surface area contributed by atoms with E-state index >= 15 is 0 Å². The number of piperidine rings is 1. The summed E-state index contributed by atoms with van der Waals surface area (Å²) in [6.07, 6.45) is 5.51. The number of nitrogens with zero attached hydrogens (tertiary/aromatic N) is 1. The predicted octanol–water partition coefficient (Wildman–Crippen LogP) is 1.45. The Labute approximate surface area is 97.8 Å². The van der Waals surface area contributed by atoms with Crippen LogP contribution in [-0.4, -0.2) is 42.0 Å². The number of rotatable bonds is 2. The van der Waals surface area contributed by atoms with Crippen LogP contribution in [0.5, 0.6) is 0 Å². The number of likely N-dealkylation sites (tertiary alicyclic amines) is 1. The number of carbonyl (C=O) groups is 1. The lowest BCUT2D eigenvalue weighted by atomic mass is 9.78. The average Bonchev–Trinajstić information content (AvgIpc) is 2.29. The van der Waals surface area contributed by atoms with Gasteiger partial charge < -0.3 is 10.0 Å². The summed E-state index contributed by atoms with van der Waals surface area (Å²) in [5.74, 6) is 0.970. The summed E-state index contributed by atoms with van der Waals surface area (Å²) >= 11 is 0. The van der Waals surface area contributed by atoms with Gasteiger partial charge in [0.15, 0.2) is 0 Å². The third-order valence-corrected chi connectivity index (χ3v) is 4.13. The van der Waals surface area contributed by atoms with Crippen LogP contribution in [0.2, 0.25) is 0 Å². The maximum absolute atomic E-state index is 12.3. The van der Waals surface area contributed by atoms with Gasteiger partial charge in [-0.15, -0.1) is 0 Å². The average molecular weight is 225 g/mol. The Hall–Kier alpha value is -0.410. The Bertz CT molecular complexity index is 246. The monoisotopic (exact) mass is 225 g/mol. The molecule has 1 unspecified atom stereocenters. The molecule has 0 aromatic heterocycles. The van der Waals surface area contributed by atoms with E-state index in [9.17, 15) is 9.90 Å². The van der Waals surface area contributed by atoms with Crippen LogP contribution in [0.4, 0.5) is 0 Å². The van der Waals surface area contributed by atoms with Crippen LogP contribution in [0, 0.1) is 11.8 Å². The highest BCUT2D eigenvalue weighted by molar-refractivity contribution is 5.83. The Morgan fingerprint density at radius 2 is 1.81 bits per heavy atom. The fourth-order valence-corrected chi connectivity index (χ4v) is 3.09. The van der Waals surface area contributed by atoms with Gasteiger partial charge in [0.05, 0.1) is 6.10 Å². The molecule has 0 bridgehead atoms. The Morgan fingerprint density at radius 1 is 1.12 bits per heavy atom. The summed E-state index contributed by atoms with van der Waals surface area (Å²) in [5, 5.41) is 9.44. The molecule has 1 aliphatic heterocycles. The number of ketones is 1. The van der Waals surface area contributed by atoms with Gasteiger partial charge >= 0.3 is 0 Å². The van der Waals surface area contributed by atoms with Gasteiger partial charge in [-0.2, -0.15) is 0 Å². The van der Waals surface area contributed by atoms with Crippen LogP contribution in [0.25, 0.3) is 0 Å². The van der Waals surface area contributed by atoms with Gasteiger partial charge in [0, 0.05) is 18.4 Å². The van der Waals surface area contributed by atoms with Gasteiger partial charge in [0.25, 0.3) is 0 Å². The van der Waals surface area contributed by atoms with E-state index in [1.54, 1.807) is 0 Å². The maximum atomic E-state index is 12.3. The summed E-state index contributed by atoms with van der Waals surface area (Å²) in [7, 11) is 2.10. The summed E-state index contributed by atoms with van der Waals surface area (Å²) in [6.45, 7) is 2.07. The van der Waals surface area contributed by atoms with Crippen LogP contribution in [-0.2, 0) is 4.79 Å². The summed E-state index contributed by atoms with van der Waals surface area (Å²) in [4.78, 5) is 14.6. The molecule has 1 N–H and O–H groups in total. The first kappa shape index (κ1) is 12.1. The summed E-state index contributed by atoms with van der Waals surface area (Å²) < 4.78 is 0. The molecule has 1 saturated carbocycles. The molecule has 0 aromatic rings. The van der Waals surface area contributed by atoms with Gasteiger partial charge in [-0.25, -0.2) is 0 Å². The van der Waals surface area contributed by atoms with Crippen molar-refractivity contribution in [1.82, 2.24) is 4.90 Å². The fraction of sp³-hybridized carbons (Fsp3) is 0.923. The fourth-order valence-electron chi connectivity index (χ4n) is 3.09. The van der Waals surface area contributed by atoms with Gasteiger partial charge in [-0.05, 0) is 52.1 Å². The largest absolute Gasteiger partial charge is 0.393 e. The van der Waals surface area contributed by atoms with E-state index in [1.165, 1.54) is 0 Å². The Kier molecular flexibility index (Phi) is 3.98. The van der Waals surface area contributed by atoms with Crippen molar-refractivity contribution in [3.05, 3.63) is 0 Å². The second-order valence-corrected chi connectivity index (χ2v) is 5.51. The van der Waals surface area contributed by atoms with E-state index in [1.807, 2.05) is 0 Å². The van der Waals surface area contributed by atoms with E-state index in [0.717, 1.165) is 51.6 Å². The number of hydrogen-bond acceptors (Lipinski definition) is 3. The van der Waals surface area contributed by atoms with E-state index in [-0.39, 0.29) is 17.9 Å². The highest BCUT2D eigenvalue weighted by Crippen LogP contribution is 2.29. The lowest BCUT2D eigenvalue weighted by Gasteiger charge is -2.33. The first-order valence-corrected chi connectivity index (χ1v) is 6.57. The zero-order valence-corrected chi connectivity index (χ0v) is 10.2. The Morgan fingerprint density at radius 3 is 2.44 bits per heavy atom. The zero-order valence-electron chi connectivity index (χ0n) is 10.2. The lowest BCUT2D eigenvalue weighted by molar-refractivity contribution is -0.130. The minimum absolute atomic E-state index is 0.155. The normalized spacial score (nSPS) is 37.2. The molecule has 0 spiro atoms. The number of aliphatic hydroxyl groups is 1. The van der Waals surface area contributed by atoms with Crippen molar-refractivity contribution in [1.29, 1.82) is 0 Å². The molecule has 1 atom stereocenters. The molecule has 2 fully saturated rings. The van der Waals surface area contributed by atoms with Crippen molar-refractivity contribution in [2.45, 2.75) is 44.6 Å². The standard InChI is InChI=1S/C13H23NO2/c1-14-8-2-3-11(9-14)13(16)10-4-6-12(15)7-5-10/h10-12,15H,2-9H2,1H3. The smallest absolute Gasteiger partial charge is 0.140 e. The van der Waals surface area contributed by atoms with Crippen LogP contribution in [0.3, 0.4) is 0 Å². The van der Waals surface area contributed by atoms with Crippen molar-refractivity contribution >= 4 is 5.78 Å². The number of carbonyl (C=O) groups excluding carboxylic acids is 1. The molecule has 1 aliphatic carbocycles. The predicted molar refractivity (Wildman–Crippen MR) is 63.2 cm³/mol. The van der Waals surface area contributed by atoms with Crippen molar-refractivity contribution in [2.24, 2.45) is 11.8 Å². The summed E-state index contributed by atoms with van der Waals surface area (Å²) in [6, 6.07) is 0. The number of hydrogen-bond donors (Lipinski definition) is 1. The molecular weight excluding hydrogens is 202 g/mol. The van der Waals surface area contributed by atoms with Gasteiger partial charge in [-0.1, -0.05) is 0 Å². The molecule has 2 aliphatic rings. The Balaban J connectivity index is 1.86. The first-order valence-electron chi connectivity index (χ1n) is 6.57. The minimum atomic E-state index is -0.155. The molecule has 3 heteroatoms. The van der Waals surface area contributed by atoms with Crippen LogP contribution in [0.15, 0.2) is 0 Å². The third-order valence-electron chi connectivity index (χ3n) is 4.13. The van der Waals surface area contributed by atoms with Crippen molar-refractivity contribution in [2.75, 3.05) is 20.1 Å². The second-order valence-electron chi connectivity index (χ2n) is 5.51. The molecule has 2 rings (SSSR count). The molecule has 3 nitrogen and oxygen atoms in total. The van der Waals surface area contributed by atoms with Gasteiger partial charge in [0.1, 0.15) is 5.78 Å². The maximum Gasteiger partial charge on any atom is 0.140 e. The van der Waals surface area contributed by atoms with Crippen molar-refractivity contribution < 1.29 is 9.90 Å². The van der Waals surface area contributed by atoms with E-state index in [4.69, 9.17) is 0 Å². The number of Topliss-reactive ketones (excluding diaryl/α,β-unsaturated/α-hetero) is 1. The SMILES string of the molecule is CN1CCCC(C(=O)C2CCC(O)CC2)C1. The molecule has 0 amide bonds. The topological polar surface area (TPSA) is 40.5 Å². The second kappa shape index (κ2) is 5.28. The number of aliphatic hydroxyl groups excluding tert-OH is 1. The highest BCUT2D eigenvalue weighted by Gasteiger charge is 2.31. The molecule has 92 valence electrons. The molecular formula is C13H23NO2. The minimum Gasteiger partial charge on any atom is -0.393 e. The van der Waals surface area contributed by atoms with Crippen LogP contribution < -0.4 is 0 Å². The van der Waals surface area contributed by atoms with Crippen LogP contribution in [0.1, 0.15) is 38.5 Å². The van der Waals surface area contributed by atoms with Crippen molar-refractivity contribution in [3.63, 3.8) is 0 Å². The van der Waals surface area contributed by atoms with Crippen LogP contribution >= 0.6 is 0 Å². The van der Waals surface area contributed by atoms with E-state index in [2.05, 4.69) is 11.9 Å². The summed E-state index contributed by atoms with van der Waals surface area (Å²) in [5.41, 5.74) is 0. The molecule has 1 heterocycles. The zero-order chi connectivity index (χ0) is 11.5. The van der Waals surface area contributed by atoms with Crippen molar-refractivity contribution in [3.8, 4) is 0 Å². The van der Waals surface area contributed by atoms with Gasteiger partial charge in [-0.3, -0.25) is 4.79 Å². The highest BCUT2D eigenvalue weighted by atomic mass is 16.3. The first-order chi connectivity index (χ1) is 7.66. The molecule has 16 heavy (non-hydrogen) atoms. The molecule has 0 radical (unpaired) electrons. The van der Waals surface area contributed by atoms with E-state index < -0.39 is 0 Å². The lowest BCUT2D eigenvalue weighted by Crippen LogP contribution is -2.39. The molecule has 0 aromatic carbocycles. The third kappa shape index (κ3) is 2.83. The quantitative estimate of drug-likeness (QED) is 0.773.